The monoisotopic (exact) mass is 368 g/mol. The van der Waals surface area contributed by atoms with Crippen LogP contribution in [0.1, 0.15) is 40.9 Å². The van der Waals surface area contributed by atoms with Crippen LogP contribution in [-0.4, -0.2) is 46.3 Å². The molecule has 0 atom stereocenters. The van der Waals surface area contributed by atoms with E-state index in [0.29, 0.717) is 30.5 Å². The lowest BCUT2D eigenvalue weighted by atomic mass is 9.96. The molecule has 1 fully saturated rings. The van der Waals surface area contributed by atoms with Gasteiger partial charge in [0.2, 0.25) is 17.5 Å². The van der Waals surface area contributed by atoms with Crippen LogP contribution in [0.4, 0.5) is 0 Å². The van der Waals surface area contributed by atoms with Crippen molar-refractivity contribution in [2.24, 2.45) is 0 Å². The van der Waals surface area contributed by atoms with E-state index in [1.807, 2.05) is 24.3 Å². The molecule has 0 unspecified atom stereocenters. The molecule has 3 heterocycles. The molecule has 27 heavy (non-hydrogen) atoms. The third-order valence-corrected chi connectivity index (χ3v) is 4.76. The molecule has 0 saturated carbocycles. The normalized spacial score (nSPS) is 15.1. The quantitative estimate of drug-likeness (QED) is 0.698. The Hall–Kier alpha value is -3.16. The Balaban J connectivity index is 1.39. The van der Waals surface area contributed by atoms with E-state index < -0.39 is 0 Å². The lowest BCUT2D eigenvalue weighted by Crippen LogP contribution is -2.37. The molecule has 0 radical (unpaired) electrons. The Morgan fingerprint density at radius 2 is 1.89 bits per heavy atom. The number of hydrogen-bond acceptors (Lipinski definition) is 7. The molecule has 140 valence electrons. The minimum atomic E-state index is -0.126. The number of aryl methyl sites for hydroxylation is 1. The van der Waals surface area contributed by atoms with Crippen LogP contribution in [0.5, 0.6) is 5.75 Å². The summed E-state index contributed by atoms with van der Waals surface area (Å²) in [7, 11) is 1.63. The molecule has 1 aromatic carbocycles. The molecule has 8 nitrogen and oxygen atoms in total. The first-order valence-electron chi connectivity index (χ1n) is 8.84. The predicted octanol–water partition coefficient (Wildman–Crippen LogP) is 3.06. The minimum Gasteiger partial charge on any atom is -0.497 e. The van der Waals surface area contributed by atoms with E-state index in [1.165, 1.54) is 0 Å². The standard InChI is InChI=1S/C19H20N4O4/c1-12-11-16(26-21-12)19(24)23-9-7-14(8-10-23)18-20-17(22-27-18)13-3-5-15(25-2)6-4-13/h3-6,11,14H,7-10H2,1-2H3. The largest absolute Gasteiger partial charge is 0.497 e. The number of aromatic nitrogens is 3. The summed E-state index contributed by atoms with van der Waals surface area (Å²) >= 11 is 0. The molecule has 0 N–H and O–H groups in total. The number of piperidine rings is 1. The first-order valence-corrected chi connectivity index (χ1v) is 8.84. The molecule has 0 spiro atoms. The van der Waals surface area contributed by atoms with Crippen LogP contribution in [0.3, 0.4) is 0 Å². The van der Waals surface area contributed by atoms with Gasteiger partial charge < -0.3 is 18.7 Å². The fraction of sp³-hybridized carbons (Fsp3) is 0.368. The maximum absolute atomic E-state index is 12.4. The van der Waals surface area contributed by atoms with Crippen molar-refractivity contribution in [1.29, 1.82) is 0 Å². The third kappa shape index (κ3) is 3.55. The maximum atomic E-state index is 12.4. The molecule has 8 heteroatoms. The minimum absolute atomic E-state index is 0.126. The van der Waals surface area contributed by atoms with E-state index >= 15 is 0 Å². The van der Waals surface area contributed by atoms with Crippen LogP contribution >= 0.6 is 0 Å². The van der Waals surface area contributed by atoms with Gasteiger partial charge in [-0.15, -0.1) is 0 Å². The van der Waals surface area contributed by atoms with Gasteiger partial charge in [-0.2, -0.15) is 4.98 Å². The molecular weight excluding hydrogens is 348 g/mol. The van der Waals surface area contributed by atoms with Crippen LogP contribution in [0.25, 0.3) is 11.4 Å². The number of carbonyl (C=O) groups is 1. The zero-order valence-corrected chi connectivity index (χ0v) is 15.2. The van der Waals surface area contributed by atoms with Crippen molar-refractivity contribution in [3.05, 3.63) is 47.7 Å². The van der Waals surface area contributed by atoms with E-state index in [9.17, 15) is 4.79 Å². The number of amides is 1. The fourth-order valence-corrected chi connectivity index (χ4v) is 3.21. The van der Waals surface area contributed by atoms with Gasteiger partial charge in [0.25, 0.3) is 5.91 Å². The van der Waals surface area contributed by atoms with Gasteiger partial charge in [-0.3, -0.25) is 4.79 Å². The van der Waals surface area contributed by atoms with Crippen molar-refractivity contribution in [3.63, 3.8) is 0 Å². The topological polar surface area (TPSA) is 94.5 Å². The van der Waals surface area contributed by atoms with Crippen LogP contribution in [0.15, 0.2) is 39.4 Å². The van der Waals surface area contributed by atoms with Crippen molar-refractivity contribution in [2.75, 3.05) is 20.2 Å². The van der Waals surface area contributed by atoms with Gasteiger partial charge in [0.1, 0.15) is 5.75 Å². The van der Waals surface area contributed by atoms with Crippen LogP contribution in [0, 0.1) is 6.92 Å². The van der Waals surface area contributed by atoms with E-state index in [0.717, 1.165) is 24.2 Å². The molecule has 1 amide bonds. The first kappa shape index (κ1) is 17.3. The van der Waals surface area contributed by atoms with Crippen LogP contribution in [0.2, 0.25) is 0 Å². The summed E-state index contributed by atoms with van der Waals surface area (Å²) in [4.78, 5) is 18.7. The Labute approximate surface area is 156 Å². The number of hydrogen-bond donors (Lipinski definition) is 0. The average molecular weight is 368 g/mol. The lowest BCUT2D eigenvalue weighted by Gasteiger charge is -2.29. The highest BCUT2D eigenvalue weighted by molar-refractivity contribution is 5.91. The van der Waals surface area contributed by atoms with Crippen molar-refractivity contribution >= 4 is 5.91 Å². The molecule has 2 aromatic heterocycles. The van der Waals surface area contributed by atoms with E-state index in [2.05, 4.69) is 15.3 Å². The highest BCUT2D eigenvalue weighted by Gasteiger charge is 2.29. The number of rotatable bonds is 4. The van der Waals surface area contributed by atoms with Gasteiger partial charge in [0.05, 0.1) is 12.8 Å². The SMILES string of the molecule is COc1ccc(-c2noc(C3CCN(C(=O)c4cc(C)no4)CC3)n2)cc1. The molecule has 3 aromatic rings. The molecule has 0 bridgehead atoms. The number of carbonyl (C=O) groups excluding carboxylic acids is 1. The number of ether oxygens (including phenoxy) is 1. The van der Waals surface area contributed by atoms with Crippen LogP contribution < -0.4 is 4.74 Å². The number of benzene rings is 1. The second-order valence-corrected chi connectivity index (χ2v) is 6.58. The Morgan fingerprint density at radius 3 is 2.52 bits per heavy atom. The number of likely N-dealkylation sites (tertiary alicyclic amines) is 1. The smallest absolute Gasteiger partial charge is 0.292 e. The summed E-state index contributed by atoms with van der Waals surface area (Å²) in [5.41, 5.74) is 1.57. The average Bonchev–Trinajstić information content (AvgIpc) is 3.37. The summed E-state index contributed by atoms with van der Waals surface area (Å²) in [6, 6.07) is 9.18. The second kappa shape index (κ2) is 7.22. The molecular formula is C19H20N4O4. The Kier molecular flexibility index (Phi) is 4.62. The van der Waals surface area contributed by atoms with Gasteiger partial charge in [-0.25, -0.2) is 0 Å². The van der Waals surface area contributed by atoms with Gasteiger partial charge in [0, 0.05) is 30.6 Å². The summed E-state index contributed by atoms with van der Waals surface area (Å²) in [5.74, 6) is 2.25. The van der Waals surface area contributed by atoms with Gasteiger partial charge in [0.15, 0.2) is 0 Å². The highest BCUT2D eigenvalue weighted by atomic mass is 16.5. The summed E-state index contributed by atoms with van der Waals surface area (Å²) < 4.78 is 15.7. The molecule has 1 aliphatic heterocycles. The van der Waals surface area contributed by atoms with Gasteiger partial charge >= 0.3 is 0 Å². The number of nitrogens with zero attached hydrogens (tertiary/aromatic N) is 4. The summed E-state index contributed by atoms with van der Waals surface area (Å²) in [6.07, 6.45) is 1.53. The van der Waals surface area contributed by atoms with E-state index in [1.54, 1.807) is 25.0 Å². The zero-order valence-electron chi connectivity index (χ0n) is 15.2. The van der Waals surface area contributed by atoms with Crippen LogP contribution in [-0.2, 0) is 0 Å². The van der Waals surface area contributed by atoms with Gasteiger partial charge in [-0.1, -0.05) is 10.3 Å². The molecule has 1 saturated heterocycles. The van der Waals surface area contributed by atoms with Gasteiger partial charge in [-0.05, 0) is 44.0 Å². The van der Waals surface area contributed by atoms with Crippen molar-refractivity contribution in [1.82, 2.24) is 20.2 Å². The first-order chi connectivity index (χ1) is 13.1. The fourth-order valence-electron chi connectivity index (χ4n) is 3.21. The lowest BCUT2D eigenvalue weighted by molar-refractivity contribution is 0.0662. The van der Waals surface area contributed by atoms with Crippen molar-refractivity contribution in [2.45, 2.75) is 25.7 Å². The Morgan fingerprint density at radius 1 is 1.15 bits per heavy atom. The zero-order chi connectivity index (χ0) is 18.8. The predicted molar refractivity (Wildman–Crippen MR) is 95.4 cm³/mol. The highest BCUT2D eigenvalue weighted by Crippen LogP contribution is 2.29. The maximum Gasteiger partial charge on any atom is 0.292 e. The second-order valence-electron chi connectivity index (χ2n) is 6.58. The van der Waals surface area contributed by atoms with E-state index in [-0.39, 0.29) is 17.6 Å². The summed E-state index contributed by atoms with van der Waals surface area (Å²) in [6.45, 7) is 3.02. The number of methoxy groups -OCH3 is 1. The molecule has 1 aliphatic rings. The van der Waals surface area contributed by atoms with E-state index in [4.69, 9.17) is 13.8 Å². The van der Waals surface area contributed by atoms with Crippen molar-refractivity contribution < 1.29 is 18.6 Å². The Bertz CT molecular complexity index is 923. The summed E-state index contributed by atoms with van der Waals surface area (Å²) in [5, 5.41) is 7.86. The molecule has 4 rings (SSSR count). The van der Waals surface area contributed by atoms with Crippen molar-refractivity contribution in [3.8, 4) is 17.1 Å². The molecule has 0 aliphatic carbocycles. The third-order valence-electron chi connectivity index (χ3n) is 4.76.